The molecule has 4 heterocycles. The van der Waals surface area contributed by atoms with Crippen molar-refractivity contribution in [3.05, 3.63) is 61.2 Å². The van der Waals surface area contributed by atoms with Crippen molar-refractivity contribution in [2.75, 3.05) is 59.1 Å². The van der Waals surface area contributed by atoms with Crippen LogP contribution in [0.5, 0.6) is 0 Å². The number of aliphatic hydroxyl groups excluding tert-OH is 1. The number of esters is 1. The predicted octanol–water partition coefficient (Wildman–Crippen LogP) is 1.83. The zero-order chi connectivity index (χ0) is 34.4. The Balaban J connectivity index is 1.42. The van der Waals surface area contributed by atoms with Crippen LogP contribution in [0.25, 0.3) is 0 Å². The number of likely N-dealkylation sites (tertiary alicyclic amines) is 1. The highest BCUT2D eigenvalue weighted by Gasteiger charge is 2.77. The molecule has 4 aliphatic heterocycles. The van der Waals surface area contributed by atoms with Gasteiger partial charge >= 0.3 is 5.97 Å². The molecular weight excluding hydrogens is 684 g/mol. The Labute approximate surface area is 290 Å². The highest BCUT2D eigenvalue weighted by molar-refractivity contribution is 9.09. The van der Waals surface area contributed by atoms with Crippen molar-refractivity contribution in [3.63, 3.8) is 0 Å². The summed E-state index contributed by atoms with van der Waals surface area (Å²) in [6.07, 6.45) is 2.88. The van der Waals surface area contributed by atoms with Gasteiger partial charge in [0.05, 0.1) is 50.3 Å². The lowest BCUT2D eigenvalue weighted by molar-refractivity contribution is -0.161. The van der Waals surface area contributed by atoms with E-state index in [4.69, 9.17) is 14.2 Å². The molecule has 2 bridgehead atoms. The molecule has 4 aliphatic rings. The lowest BCUT2D eigenvalue weighted by atomic mass is 9.70. The highest BCUT2D eigenvalue weighted by atomic mass is 79.9. The lowest BCUT2D eigenvalue weighted by Gasteiger charge is -2.39. The lowest BCUT2D eigenvalue weighted by Crippen LogP contribution is -2.59. The topological polar surface area (TPSA) is 138 Å². The summed E-state index contributed by atoms with van der Waals surface area (Å²) < 4.78 is 18.2. The molecule has 1 aromatic rings. The fourth-order valence-electron chi connectivity index (χ4n) is 7.53. The van der Waals surface area contributed by atoms with E-state index in [0.29, 0.717) is 44.7 Å². The maximum atomic E-state index is 14.6. The largest absolute Gasteiger partial charge is 0.455 e. The second-order valence-electron chi connectivity index (χ2n) is 12.9. The maximum absolute atomic E-state index is 14.6. The minimum absolute atomic E-state index is 0.0416. The van der Waals surface area contributed by atoms with Crippen LogP contribution in [0.2, 0.25) is 0 Å². The number of nitrogens with zero attached hydrogens (tertiary/aromatic N) is 3. The van der Waals surface area contributed by atoms with Gasteiger partial charge in [-0.05, 0) is 25.3 Å². The number of nitrogens with one attached hydrogen (secondary N) is 1. The van der Waals surface area contributed by atoms with Gasteiger partial charge in [0.25, 0.3) is 0 Å². The third-order valence-corrected chi connectivity index (χ3v) is 10.8. The van der Waals surface area contributed by atoms with Crippen LogP contribution >= 0.6 is 15.9 Å². The van der Waals surface area contributed by atoms with Gasteiger partial charge in [-0.1, -0.05) is 58.4 Å². The SMILES string of the molecule is C=CCCC(=O)NC[C@@H](OC(=O)[C@H]1[C@@H]2O[C@@]3(CC2Br)[C@@H]1C(=O)N([C@H](C)CO)[C@@H]3C(=O)N(CC=C)CCN1CCOCC1)c1ccccc1. The zero-order valence-corrected chi connectivity index (χ0v) is 29.1. The molecule has 4 saturated heterocycles. The second-order valence-corrected chi connectivity index (χ2v) is 14.1. The van der Waals surface area contributed by atoms with Crippen molar-refractivity contribution in [2.45, 2.75) is 60.9 Å². The molecule has 0 saturated carbocycles. The zero-order valence-electron chi connectivity index (χ0n) is 27.5. The Kier molecular flexibility index (Phi) is 12.1. The van der Waals surface area contributed by atoms with Crippen molar-refractivity contribution in [3.8, 4) is 0 Å². The van der Waals surface area contributed by atoms with Crippen LogP contribution in [0.1, 0.15) is 37.9 Å². The highest BCUT2D eigenvalue weighted by Crippen LogP contribution is 2.60. The molecule has 4 fully saturated rings. The average molecular weight is 732 g/mol. The number of ether oxygens (including phenoxy) is 3. The van der Waals surface area contributed by atoms with Gasteiger partial charge in [-0.25, -0.2) is 0 Å². The monoisotopic (exact) mass is 730 g/mol. The molecule has 0 radical (unpaired) electrons. The fraction of sp³-hybridized carbons (Fsp3) is 0.600. The number of hydrogen-bond donors (Lipinski definition) is 2. The number of hydrogen-bond acceptors (Lipinski definition) is 9. The quantitative estimate of drug-likeness (QED) is 0.148. The number of carbonyl (C=O) groups is 4. The van der Waals surface area contributed by atoms with E-state index in [1.165, 1.54) is 4.90 Å². The summed E-state index contributed by atoms with van der Waals surface area (Å²) in [6, 6.07) is 7.34. The number of carbonyl (C=O) groups excluding carboxylic acids is 4. The standard InChI is InChI=1S/C35H47BrN4O8/c1-4-6-12-27(42)37-21-26(24-10-8-7-9-11-24)47-34(45)28-29-32(43)40(23(3)22-41)31(35(29)20-25(36)30(28)48-35)33(44)39(13-5-2)15-14-38-16-18-46-19-17-38/h4-5,7-11,23,25-26,28-31,41H,1-2,6,12-22H2,3H3,(H,37,42)/t23-,25?,26-,28-,29+,30-,31-,35+/m1/s1. The van der Waals surface area contributed by atoms with Crippen LogP contribution < -0.4 is 5.32 Å². The van der Waals surface area contributed by atoms with Crippen molar-refractivity contribution >= 4 is 39.6 Å². The summed E-state index contributed by atoms with van der Waals surface area (Å²) in [5, 5.41) is 13.1. The number of halogens is 1. The van der Waals surface area contributed by atoms with E-state index >= 15 is 0 Å². The van der Waals surface area contributed by atoms with Gasteiger partial charge in [0.15, 0.2) is 0 Å². The molecule has 3 amide bonds. The number of rotatable bonds is 16. The Bertz CT molecular complexity index is 1340. The van der Waals surface area contributed by atoms with Gasteiger partial charge in [0.1, 0.15) is 17.7 Å². The molecule has 0 aliphatic carbocycles. The number of fused-ring (bicyclic) bond motifs is 1. The smallest absolute Gasteiger partial charge is 0.313 e. The molecule has 0 aromatic heterocycles. The number of allylic oxidation sites excluding steroid dienone is 1. The second kappa shape index (κ2) is 16.1. The summed E-state index contributed by atoms with van der Waals surface area (Å²) in [6.45, 7) is 13.0. The first-order valence-corrected chi connectivity index (χ1v) is 17.7. The summed E-state index contributed by atoms with van der Waals surface area (Å²) in [5.74, 6) is -3.56. The van der Waals surface area contributed by atoms with Crippen LogP contribution in [-0.2, 0) is 33.4 Å². The molecule has 8 atom stereocenters. The number of amides is 3. The molecule has 2 N–H and O–H groups in total. The third-order valence-electron chi connectivity index (χ3n) is 9.91. The van der Waals surface area contributed by atoms with Gasteiger partial charge in [-0.3, -0.25) is 24.1 Å². The average Bonchev–Trinajstić information content (AvgIpc) is 3.70. The third kappa shape index (κ3) is 7.25. The molecule has 1 unspecified atom stereocenters. The van der Waals surface area contributed by atoms with Crippen LogP contribution in [0.3, 0.4) is 0 Å². The van der Waals surface area contributed by atoms with Crippen molar-refractivity contribution in [2.24, 2.45) is 11.8 Å². The number of aliphatic hydroxyl groups is 1. The summed E-state index contributed by atoms with van der Waals surface area (Å²) in [7, 11) is 0. The fourth-order valence-corrected chi connectivity index (χ4v) is 8.47. The van der Waals surface area contributed by atoms with E-state index < -0.39 is 53.6 Å². The molecule has 262 valence electrons. The van der Waals surface area contributed by atoms with Gasteiger partial charge in [-0.15, -0.1) is 13.2 Å². The number of alkyl halides is 1. The first-order valence-electron chi connectivity index (χ1n) is 16.7. The van der Waals surface area contributed by atoms with Crippen LogP contribution in [-0.4, -0.2) is 131 Å². The Morgan fingerprint density at radius 2 is 1.94 bits per heavy atom. The maximum Gasteiger partial charge on any atom is 0.313 e. The molecular formula is C35H47BrN4O8. The molecule has 1 spiro atoms. The van der Waals surface area contributed by atoms with Crippen molar-refractivity contribution in [1.82, 2.24) is 20.0 Å². The molecule has 12 nitrogen and oxygen atoms in total. The Morgan fingerprint density at radius 1 is 1.21 bits per heavy atom. The van der Waals surface area contributed by atoms with E-state index in [1.807, 2.05) is 30.3 Å². The Hall–Kier alpha value is -3.10. The summed E-state index contributed by atoms with van der Waals surface area (Å²) in [4.78, 5) is 60.6. The van der Waals surface area contributed by atoms with E-state index in [-0.39, 0.29) is 42.8 Å². The summed E-state index contributed by atoms with van der Waals surface area (Å²) >= 11 is 3.70. The van der Waals surface area contributed by atoms with E-state index in [9.17, 15) is 24.3 Å². The molecule has 48 heavy (non-hydrogen) atoms. The van der Waals surface area contributed by atoms with E-state index in [0.717, 1.165) is 13.1 Å². The molecule has 5 rings (SSSR count). The number of benzene rings is 1. The Morgan fingerprint density at radius 3 is 2.60 bits per heavy atom. The first kappa shape index (κ1) is 36.2. The minimum atomic E-state index is -1.31. The minimum Gasteiger partial charge on any atom is -0.455 e. The van der Waals surface area contributed by atoms with Crippen molar-refractivity contribution in [1.29, 1.82) is 0 Å². The first-order chi connectivity index (χ1) is 23.2. The van der Waals surface area contributed by atoms with Gasteiger partial charge in [0.2, 0.25) is 17.7 Å². The number of morpholine rings is 1. The van der Waals surface area contributed by atoms with Gasteiger partial charge in [0, 0.05) is 44.0 Å². The normalized spacial score (nSPS) is 29.2. The molecule has 1 aromatic carbocycles. The van der Waals surface area contributed by atoms with E-state index in [2.05, 4.69) is 39.3 Å². The van der Waals surface area contributed by atoms with Crippen LogP contribution in [0.15, 0.2) is 55.6 Å². The van der Waals surface area contributed by atoms with E-state index in [1.54, 1.807) is 24.0 Å². The van der Waals surface area contributed by atoms with Gasteiger partial charge in [-0.2, -0.15) is 0 Å². The van der Waals surface area contributed by atoms with Crippen LogP contribution in [0.4, 0.5) is 0 Å². The summed E-state index contributed by atoms with van der Waals surface area (Å²) in [5.41, 5.74) is -0.620. The predicted molar refractivity (Wildman–Crippen MR) is 181 cm³/mol. The van der Waals surface area contributed by atoms with Gasteiger partial charge < -0.3 is 34.4 Å². The molecule has 13 heteroatoms. The van der Waals surface area contributed by atoms with Crippen molar-refractivity contribution < 1.29 is 38.5 Å². The van der Waals surface area contributed by atoms with Crippen LogP contribution in [0, 0.1) is 11.8 Å².